The van der Waals surface area contributed by atoms with Gasteiger partial charge in [-0.3, -0.25) is 9.59 Å². The van der Waals surface area contributed by atoms with Gasteiger partial charge in [0.15, 0.2) is 0 Å². The molecule has 1 N–H and O–H groups in total. The number of rotatable bonds is 5. The molecule has 2 aromatic rings. The van der Waals surface area contributed by atoms with Gasteiger partial charge < -0.3 is 15.0 Å². The Morgan fingerprint density at radius 3 is 2.46 bits per heavy atom. The summed E-state index contributed by atoms with van der Waals surface area (Å²) in [6, 6.07) is 9.80. The zero-order valence-electron chi connectivity index (χ0n) is 14.2. The lowest BCUT2D eigenvalue weighted by Crippen LogP contribution is -2.40. The van der Waals surface area contributed by atoms with Crippen LogP contribution in [0.15, 0.2) is 42.5 Å². The van der Waals surface area contributed by atoms with Crippen LogP contribution < -0.4 is 15.0 Å². The molecule has 7 heteroatoms. The highest BCUT2D eigenvalue weighted by molar-refractivity contribution is 6.01. The standard InChI is InChI=1S/C19H18F2N2O3/c1-12(24)22-18-9-10-23(19(18)25)13-5-7-14(8-6-13)26-11-15-16(20)3-2-4-17(15)21/h2-8,18H,9-11H2,1H3,(H,22,24)/t18-/m0/s1. The highest BCUT2D eigenvalue weighted by Crippen LogP contribution is 2.25. The number of carbonyl (C=O) groups excluding carboxylic acids is 2. The molecule has 2 aromatic carbocycles. The summed E-state index contributed by atoms with van der Waals surface area (Å²) in [6.07, 6.45) is 0.545. The number of benzene rings is 2. The largest absolute Gasteiger partial charge is 0.489 e. The molecule has 0 unspecified atom stereocenters. The van der Waals surface area contributed by atoms with Gasteiger partial charge in [-0.15, -0.1) is 0 Å². The van der Waals surface area contributed by atoms with Crippen LogP contribution in [-0.2, 0) is 16.2 Å². The Bertz CT molecular complexity index is 804. The summed E-state index contributed by atoms with van der Waals surface area (Å²) in [5.74, 6) is -1.29. The first-order chi connectivity index (χ1) is 12.5. The third kappa shape index (κ3) is 3.82. The molecule has 136 valence electrons. The maximum Gasteiger partial charge on any atom is 0.249 e. The summed E-state index contributed by atoms with van der Waals surface area (Å²) in [7, 11) is 0. The van der Waals surface area contributed by atoms with Gasteiger partial charge >= 0.3 is 0 Å². The smallest absolute Gasteiger partial charge is 0.249 e. The third-order valence-electron chi connectivity index (χ3n) is 4.18. The maximum atomic E-state index is 13.6. The molecule has 0 spiro atoms. The second-order valence-corrected chi connectivity index (χ2v) is 6.01. The van der Waals surface area contributed by atoms with Gasteiger partial charge in [0.2, 0.25) is 11.8 Å². The van der Waals surface area contributed by atoms with Gasteiger partial charge in [-0.1, -0.05) is 6.07 Å². The summed E-state index contributed by atoms with van der Waals surface area (Å²) in [5, 5.41) is 2.63. The van der Waals surface area contributed by atoms with Crippen molar-refractivity contribution in [1.29, 1.82) is 0 Å². The second-order valence-electron chi connectivity index (χ2n) is 6.01. The van der Waals surface area contributed by atoms with Crippen LogP contribution >= 0.6 is 0 Å². The highest BCUT2D eigenvalue weighted by Gasteiger charge is 2.32. The fraction of sp³-hybridized carbons (Fsp3) is 0.263. The fourth-order valence-corrected chi connectivity index (χ4v) is 2.86. The molecule has 1 fully saturated rings. The van der Waals surface area contributed by atoms with E-state index in [0.29, 0.717) is 24.4 Å². The zero-order valence-corrected chi connectivity index (χ0v) is 14.2. The molecular formula is C19H18F2N2O3. The number of nitrogens with zero attached hydrogens (tertiary/aromatic N) is 1. The molecule has 0 aromatic heterocycles. The first-order valence-corrected chi connectivity index (χ1v) is 8.20. The van der Waals surface area contributed by atoms with Gasteiger partial charge in [0.25, 0.3) is 0 Å². The van der Waals surface area contributed by atoms with Crippen molar-refractivity contribution in [2.45, 2.75) is 26.0 Å². The van der Waals surface area contributed by atoms with Gasteiger partial charge in [-0.25, -0.2) is 8.78 Å². The van der Waals surface area contributed by atoms with Gasteiger partial charge in [0.05, 0.1) is 5.56 Å². The first kappa shape index (κ1) is 17.8. The van der Waals surface area contributed by atoms with Crippen molar-refractivity contribution in [2.24, 2.45) is 0 Å². The Morgan fingerprint density at radius 2 is 1.85 bits per heavy atom. The van der Waals surface area contributed by atoms with Crippen molar-refractivity contribution in [1.82, 2.24) is 5.32 Å². The Labute approximate surface area is 149 Å². The molecule has 1 aliphatic rings. The lowest BCUT2D eigenvalue weighted by atomic mass is 10.2. The quantitative estimate of drug-likeness (QED) is 0.892. The lowest BCUT2D eigenvalue weighted by Gasteiger charge is -2.17. The van der Waals surface area contributed by atoms with Crippen LogP contribution in [0.3, 0.4) is 0 Å². The summed E-state index contributed by atoms with van der Waals surface area (Å²) < 4.78 is 32.6. The average Bonchev–Trinajstić information content (AvgIpc) is 2.95. The third-order valence-corrected chi connectivity index (χ3v) is 4.18. The monoisotopic (exact) mass is 360 g/mol. The van der Waals surface area contributed by atoms with Crippen molar-refractivity contribution in [2.75, 3.05) is 11.4 Å². The Hall–Kier alpha value is -2.96. The van der Waals surface area contributed by atoms with Crippen LogP contribution in [0.1, 0.15) is 18.9 Å². The maximum absolute atomic E-state index is 13.6. The van der Waals surface area contributed by atoms with E-state index in [0.717, 1.165) is 0 Å². The van der Waals surface area contributed by atoms with Crippen molar-refractivity contribution in [3.05, 3.63) is 59.7 Å². The van der Waals surface area contributed by atoms with E-state index >= 15 is 0 Å². The van der Waals surface area contributed by atoms with E-state index in [1.807, 2.05) is 0 Å². The van der Waals surface area contributed by atoms with Gasteiger partial charge in [0.1, 0.15) is 30.0 Å². The number of hydrogen-bond acceptors (Lipinski definition) is 3. The van der Waals surface area contributed by atoms with Crippen molar-refractivity contribution in [3.8, 4) is 5.75 Å². The number of amides is 2. The van der Waals surface area contributed by atoms with E-state index in [9.17, 15) is 18.4 Å². The summed E-state index contributed by atoms with van der Waals surface area (Å²) >= 11 is 0. The molecule has 0 saturated carbocycles. The predicted molar refractivity (Wildman–Crippen MR) is 91.7 cm³/mol. The molecule has 0 aliphatic carbocycles. The van der Waals surface area contributed by atoms with Crippen molar-refractivity contribution >= 4 is 17.5 Å². The van der Waals surface area contributed by atoms with Crippen LogP contribution in [-0.4, -0.2) is 24.4 Å². The van der Waals surface area contributed by atoms with Gasteiger partial charge in [-0.05, 0) is 42.8 Å². The van der Waals surface area contributed by atoms with Crippen LogP contribution in [0.4, 0.5) is 14.5 Å². The molecule has 1 heterocycles. The molecule has 0 bridgehead atoms. The minimum atomic E-state index is -0.659. The minimum Gasteiger partial charge on any atom is -0.489 e. The number of nitrogens with one attached hydrogen (secondary N) is 1. The fourth-order valence-electron chi connectivity index (χ4n) is 2.86. The van der Waals surface area contributed by atoms with E-state index in [2.05, 4.69) is 5.32 Å². The minimum absolute atomic E-state index is 0.135. The molecule has 3 rings (SSSR count). The molecule has 2 amide bonds. The zero-order chi connectivity index (χ0) is 18.7. The summed E-state index contributed by atoms with van der Waals surface area (Å²) in [6.45, 7) is 1.65. The first-order valence-electron chi connectivity index (χ1n) is 8.20. The van der Waals surface area contributed by atoms with E-state index in [1.54, 1.807) is 29.2 Å². The van der Waals surface area contributed by atoms with Gasteiger partial charge in [0, 0.05) is 19.2 Å². The highest BCUT2D eigenvalue weighted by atomic mass is 19.1. The van der Waals surface area contributed by atoms with E-state index < -0.39 is 17.7 Å². The molecule has 1 aliphatic heterocycles. The van der Waals surface area contributed by atoms with E-state index in [4.69, 9.17) is 4.74 Å². The van der Waals surface area contributed by atoms with E-state index in [-0.39, 0.29) is 24.0 Å². The topological polar surface area (TPSA) is 58.6 Å². The number of halogens is 2. The second kappa shape index (κ2) is 7.51. The molecule has 1 saturated heterocycles. The van der Waals surface area contributed by atoms with Crippen LogP contribution in [0.5, 0.6) is 5.75 Å². The van der Waals surface area contributed by atoms with Crippen molar-refractivity contribution in [3.63, 3.8) is 0 Å². The predicted octanol–water partition coefficient (Wildman–Crippen LogP) is 2.79. The molecular weight excluding hydrogens is 342 g/mol. The van der Waals surface area contributed by atoms with Crippen LogP contribution in [0.25, 0.3) is 0 Å². The molecule has 26 heavy (non-hydrogen) atoms. The number of ether oxygens (including phenoxy) is 1. The van der Waals surface area contributed by atoms with E-state index in [1.165, 1.54) is 25.1 Å². The Kier molecular flexibility index (Phi) is 5.16. The Morgan fingerprint density at radius 1 is 1.19 bits per heavy atom. The van der Waals surface area contributed by atoms with Gasteiger partial charge in [-0.2, -0.15) is 0 Å². The molecule has 0 radical (unpaired) electrons. The summed E-state index contributed by atoms with van der Waals surface area (Å²) in [5.41, 5.74) is 0.539. The van der Waals surface area contributed by atoms with Crippen LogP contribution in [0, 0.1) is 11.6 Å². The van der Waals surface area contributed by atoms with Crippen molar-refractivity contribution < 1.29 is 23.1 Å². The number of hydrogen-bond donors (Lipinski definition) is 1. The average molecular weight is 360 g/mol. The van der Waals surface area contributed by atoms with Crippen LogP contribution in [0.2, 0.25) is 0 Å². The number of anilines is 1. The normalized spacial score (nSPS) is 16.7. The summed E-state index contributed by atoms with van der Waals surface area (Å²) in [4.78, 5) is 25.0. The molecule has 5 nitrogen and oxygen atoms in total. The molecule has 1 atom stereocenters. The number of carbonyl (C=O) groups is 2. The SMILES string of the molecule is CC(=O)N[C@H]1CCN(c2ccc(OCc3c(F)cccc3F)cc2)C1=O. The lowest BCUT2D eigenvalue weighted by molar-refractivity contribution is -0.125. The Balaban J connectivity index is 1.64.